The Kier molecular flexibility index (Phi) is 10.3. The zero-order valence-corrected chi connectivity index (χ0v) is 27.7. The molecule has 1 aliphatic rings. The van der Waals surface area contributed by atoms with Gasteiger partial charge in [0.1, 0.15) is 0 Å². The molecular weight excluding hydrogens is 605 g/mol. The van der Waals surface area contributed by atoms with Crippen LogP contribution in [0.1, 0.15) is 48.0 Å². The summed E-state index contributed by atoms with van der Waals surface area (Å²) in [4.78, 5) is 0. The second-order valence-corrected chi connectivity index (χ2v) is 39.3. The Balaban J connectivity index is 0.000000237. The largest absolute Gasteiger partial charge is 0.0622 e. The fourth-order valence-electron chi connectivity index (χ4n) is 5.39. The van der Waals surface area contributed by atoms with Crippen molar-refractivity contribution in [2.24, 2.45) is 5.92 Å². The van der Waals surface area contributed by atoms with Crippen molar-refractivity contribution in [1.82, 2.24) is 3.30 Å². The second-order valence-electron chi connectivity index (χ2n) is 10.2. The Labute approximate surface area is 220 Å². The van der Waals surface area contributed by atoms with E-state index in [4.69, 9.17) is 0 Å². The maximum atomic E-state index is 4.23. The van der Waals surface area contributed by atoms with Crippen LogP contribution in [0.4, 0.5) is 0 Å². The number of hydrogen-bond acceptors (Lipinski definition) is 1. The van der Waals surface area contributed by atoms with Gasteiger partial charge in [-0.15, -0.1) is 0 Å². The zero-order valence-electron chi connectivity index (χ0n) is 22.7. The number of hydrogen-bond donors (Lipinski definition) is 1. The van der Waals surface area contributed by atoms with Crippen molar-refractivity contribution >= 4 is 11.9 Å². The van der Waals surface area contributed by atoms with Crippen molar-refractivity contribution < 1.29 is 19.4 Å². The molecule has 0 radical (unpaired) electrons. The summed E-state index contributed by atoms with van der Waals surface area (Å²) >= 11 is -2.68. The van der Waals surface area contributed by atoms with E-state index in [0.717, 1.165) is 0 Å². The van der Waals surface area contributed by atoms with E-state index in [1.165, 1.54) is 17.5 Å². The Hall–Kier alpha value is -1.81. The number of nitrogens with one attached hydrogen (secondary N) is 1. The molecule has 35 heavy (non-hydrogen) atoms. The fourth-order valence-corrected chi connectivity index (χ4v) is 42.1. The van der Waals surface area contributed by atoms with Crippen molar-refractivity contribution in [3.8, 4) is 11.1 Å². The molecule has 1 aliphatic carbocycles. The van der Waals surface area contributed by atoms with Crippen molar-refractivity contribution in [2.75, 3.05) is 0 Å². The maximum absolute atomic E-state index is 4.23. The standard InChI is InChI=1S/C12H10.C9H13.C6H7Si.C4H10N.CH3.Hf/c1-3-7-11(8-4-1)12-9-5-2-6-10-12;1-6-5-7(2)9(4)8(6)3;7-6-4-2-1-3-5-6;1-3-4(2)5;;/h1-10H;6H,1-4H3;1-5H,7H2;4-5H,3H2,1-2H3;1H3;/q;;;-1;;+1. The Bertz CT molecular complexity index is 1100. The number of allylic oxidation sites excluding steroid dienone is 4. The van der Waals surface area contributed by atoms with E-state index in [1.807, 2.05) is 15.5 Å². The SMILES string of the molecule is CCC(C)[NH][Hf]([CH3])([SiH2]c1ccccc1)[C]1=C(C)C(C)=C(C)C1C.c1ccc(-c2ccccc2)cc1. The summed E-state index contributed by atoms with van der Waals surface area (Å²) in [5.74, 6) is 0.662. The Morgan fingerprint density at radius 2 is 1.23 bits per heavy atom. The van der Waals surface area contributed by atoms with E-state index in [9.17, 15) is 0 Å². The van der Waals surface area contributed by atoms with E-state index in [0.29, 0.717) is 12.0 Å². The molecule has 3 atom stereocenters. The summed E-state index contributed by atoms with van der Waals surface area (Å²) < 4.78 is 8.78. The summed E-state index contributed by atoms with van der Waals surface area (Å²) in [6.45, 7) is 13.9. The van der Waals surface area contributed by atoms with Gasteiger partial charge in [0.15, 0.2) is 0 Å². The van der Waals surface area contributed by atoms with Crippen LogP contribution < -0.4 is 8.49 Å². The minimum Gasteiger partial charge on any atom is -0.0622 e. The molecule has 0 saturated heterocycles. The van der Waals surface area contributed by atoms with Gasteiger partial charge in [-0.1, -0.05) is 60.7 Å². The van der Waals surface area contributed by atoms with Gasteiger partial charge in [0, 0.05) is 0 Å². The summed E-state index contributed by atoms with van der Waals surface area (Å²) in [5.41, 5.74) is 7.35. The van der Waals surface area contributed by atoms with Gasteiger partial charge in [0.2, 0.25) is 0 Å². The molecule has 0 heterocycles. The molecule has 1 nitrogen and oxygen atoms in total. The second kappa shape index (κ2) is 12.9. The van der Waals surface area contributed by atoms with Crippen molar-refractivity contribution in [3.63, 3.8) is 0 Å². The van der Waals surface area contributed by atoms with Crippen molar-refractivity contribution in [2.45, 2.75) is 58.7 Å². The molecule has 0 fully saturated rings. The Morgan fingerprint density at radius 1 is 0.771 bits per heavy atom. The van der Waals surface area contributed by atoms with Crippen LogP contribution in [0.2, 0.25) is 4.68 Å². The molecule has 0 aliphatic heterocycles. The molecule has 0 saturated carbocycles. The van der Waals surface area contributed by atoms with Gasteiger partial charge in [0.25, 0.3) is 0 Å². The average molecular weight is 648 g/mol. The summed E-state index contributed by atoms with van der Waals surface area (Å²) in [7, 11) is 0. The molecule has 0 spiro atoms. The third-order valence-electron chi connectivity index (χ3n) is 7.69. The normalized spacial score (nSPS) is 18.4. The maximum Gasteiger partial charge on any atom is -0.0184 e. The molecule has 3 heteroatoms. The third kappa shape index (κ3) is 7.12. The molecule has 0 bridgehead atoms. The summed E-state index contributed by atoms with van der Waals surface area (Å²) in [6, 6.07) is 32.7. The van der Waals surface area contributed by atoms with Crippen LogP contribution in [-0.4, -0.2) is 12.7 Å². The average Bonchev–Trinajstić information content (AvgIpc) is 3.08. The van der Waals surface area contributed by atoms with Crippen LogP contribution in [0.3, 0.4) is 0 Å². The van der Waals surface area contributed by atoms with E-state index in [1.54, 1.807) is 21.9 Å². The fraction of sp³-hybridized carbons (Fsp3) is 0.312. The van der Waals surface area contributed by atoms with Crippen molar-refractivity contribution in [1.29, 1.82) is 0 Å². The molecular formula is C32H43HfNSi. The van der Waals surface area contributed by atoms with Gasteiger partial charge in [-0.05, 0) is 11.1 Å². The molecule has 1 N–H and O–H groups in total. The van der Waals surface area contributed by atoms with Crippen LogP contribution in [0.25, 0.3) is 11.1 Å². The molecule has 184 valence electrons. The van der Waals surface area contributed by atoms with E-state index in [2.05, 4.69) is 128 Å². The molecule has 3 aromatic carbocycles. The topological polar surface area (TPSA) is 12.0 Å². The van der Waals surface area contributed by atoms with Crippen LogP contribution in [-0.2, 0) is 19.4 Å². The van der Waals surface area contributed by atoms with Gasteiger partial charge in [0.05, 0.1) is 0 Å². The third-order valence-corrected chi connectivity index (χ3v) is 37.3. The smallest absolute Gasteiger partial charge is 0.0184 e. The molecule has 4 rings (SSSR count). The van der Waals surface area contributed by atoms with Crippen LogP contribution in [0.5, 0.6) is 0 Å². The van der Waals surface area contributed by atoms with E-state index >= 15 is 0 Å². The first-order valence-corrected chi connectivity index (χ1v) is 29.3. The van der Waals surface area contributed by atoms with Crippen LogP contribution >= 0.6 is 0 Å². The minimum atomic E-state index is -2.68. The molecule has 0 amide bonds. The van der Waals surface area contributed by atoms with Gasteiger partial charge in [-0.25, -0.2) is 0 Å². The summed E-state index contributed by atoms with van der Waals surface area (Å²) in [5, 5.41) is 1.64. The van der Waals surface area contributed by atoms with Crippen LogP contribution in [0.15, 0.2) is 111 Å². The van der Waals surface area contributed by atoms with Gasteiger partial charge in [-0.2, -0.15) is 0 Å². The predicted molar refractivity (Wildman–Crippen MR) is 155 cm³/mol. The predicted octanol–water partition coefficient (Wildman–Crippen LogP) is 7.51. The number of benzene rings is 3. The van der Waals surface area contributed by atoms with Crippen molar-refractivity contribution in [3.05, 3.63) is 111 Å². The Morgan fingerprint density at radius 3 is 1.63 bits per heavy atom. The first-order valence-electron chi connectivity index (χ1n) is 13.1. The monoisotopic (exact) mass is 649 g/mol. The first-order chi connectivity index (χ1) is 16.8. The first kappa shape index (κ1) is 27.8. The van der Waals surface area contributed by atoms with E-state index in [-0.39, 0.29) is 6.71 Å². The van der Waals surface area contributed by atoms with E-state index < -0.39 is 19.4 Å². The van der Waals surface area contributed by atoms with Gasteiger partial charge in [-0.3, -0.25) is 0 Å². The minimum absolute atomic E-state index is 0.258. The van der Waals surface area contributed by atoms with Crippen LogP contribution in [0, 0.1) is 5.92 Å². The van der Waals surface area contributed by atoms with Gasteiger partial charge >= 0.3 is 150 Å². The molecule has 3 unspecified atom stereocenters. The molecule has 3 aromatic rings. The zero-order chi connectivity index (χ0) is 25.4. The number of rotatable bonds is 7. The summed E-state index contributed by atoms with van der Waals surface area (Å²) in [6.07, 6.45) is 1.23. The molecule has 0 aromatic heterocycles. The van der Waals surface area contributed by atoms with Gasteiger partial charge < -0.3 is 0 Å². The quantitative estimate of drug-likeness (QED) is 0.262.